The van der Waals surface area contributed by atoms with Gasteiger partial charge in [-0.2, -0.15) is 15.2 Å². The van der Waals surface area contributed by atoms with Gasteiger partial charge in [0.2, 0.25) is 11.8 Å². The molecule has 2 aliphatic carbocycles. The van der Waals surface area contributed by atoms with Crippen molar-refractivity contribution in [3.8, 4) is 5.75 Å². The van der Waals surface area contributed by atoms with E-state index in [0.29, 0.717) is 39.4 Å². The van der Waals surface area contributed by atoms with E-state index in [9.17, 15) is 19.5 Å². The van der Waals surface area contributed by atoms with E-state index < -0.39 is 46.8 Å². The topological polar surface area (TPSA) is 135 Å². The number of nitrogens with one attached hydrogen (secondary N) is 1. The first-order valence-corrected chi connectivity index (χ1v) is 19.9. The molecule has 2 aliphatic heterocycles. The van der Waals surface area contributed by atoms with E-state index in [2.05, 4.69) is 15.7 Å². The van der Waals surface area contributed by atoms with E-state index in [1.807, 2.05) is 123 Å². The maximum Gasteiger partial charge on any atom is 0.260 e. The van der Waals surface area contributed by atoms with Gasteiger partial charge in [0.1, 0.15) is 5.75 Å². The van der Waals surface area contributed by atoms with Gasteiger partial charge in [0.05, 0.1) is 45.9 Å². The van der Waals surface area contributed by atoms with Crippen LogP contribution < -0.4 is 15.2 Å². The predicted octanol–water partition coefficient (Wildman–Crippen LogP) is 8.68. The third-order valence-electron chi connectivity index (χ3n) is 12.7. The van der Waals surface area contributed by atoms with Gasteiger partial charge in [0, 0.05) is 31.3 Å². The molecule has 11 heteroatoms. The number of aromatic hydroxyl groups is 1. The Bertz CT molecular complexity index is 2550. The molecule has 6 unspecified atom stereocenters. The van der Waals surface area contributed by atoms with Crippen molar-refractivity contribution in [3.05, 3.63) is 155 Å². The molecule has 296 valence electrons. The van der Waals surface area contributed by atoms with Gasteiger partial charge < -0.3 is 10.0 Å². The molecule has 5 aromatic carbocycles. The van der Waals surface area contributed by atoms with Crippen LogP contribution in [0.15, 0.2) is 143 Å². The number of fused-ring (bicyclic) bond motifs is 4. The number of allylic oxidation sites excluding steroid dienone is 2. The lowest BCUT2D eigenvalue weighted by Crippen LogP contribution is -2.53. The summed E-state index contributed by atoms with van der Waals surface area (Å²) in [5.41, 5.74) is 8.51. The third kappa shape index (κ3) is 6.02. The molecule has 6 atom stereocenters. The van der Waals surface area contributed by atoms with Gasteiger partial charge in [-0.05, 0) is 104 Å². The van der Waals surface area contributed by atoms with E-state index in [0.717, 1.165) is 21.8 Å². The second-order valence-electron chi connectivity index (χ2n) is 16.2. The number of azo groups is 1. The standard InChI is InChI=1S/C48H44N6O5/c1-28-13-15-33(16-14-28)51-54-45(57)40-27-39-36(42(38-12-8-9-29(2)43(38)55)48(40,47(54)59)30-10-6-5-7-11-30)25-26-37-41(39)46(58)53(44(37)56)35-23-19-32(20-24-35)50-49-31-17-21-34(22-18-31)52(3)4/h5-25,37,39-42,51,55H,26-27H2,1-4H3. The highest BCUT2D eigenvalue weighted by molar-refractivity contribution is 6.22. The van der Waals surface area contributed by atoms with Crippen LogP contribution in [0.2, 0.25) is 0 Å². The van der Waals surface area contributed by atoms with Gasteiger partial charge in [-0.3, -0.25) is 29.5 Å². The molecule has 0 bridgehead atoms. The van der Waals surface area contributed by atoms with Gasteiger partial charge in [-0.15, -0.1) is 0 Å². The molecule has 4 aliphatic rings. The van der Waals surface area contributed by atoms with Crippen LogP contribution >= 0.6 is 0 Å². The highest BCUT2D eigenvalue weighted by Crippen LogP contribution is 2.65. The summed E-state index contributed by atoms with van der Waals surface area (Å²) in [6, 6.07) is 36.7. The number of carbonyl (C=O) groups excluding carboxylic acids is 4. The first-order valence-electron chi connectivity index (χ1n) is 19.9. The van der Waals surface area contributed by atoms with Crippen LogP contribution in [0, 0.1) is 37.5 Å². The number of phenolic OH excluding ortho intramolecular Hbond substituents is 1. The Balaban J connectivity index is 1.10. The molecule has 2 saturated heterocycles. The highest BCUT2D eigenvalue weighted by Gasteiger charge is 2.70. The number of hydrogen-bond donors (Lipinski definition) is 2. The number of imide groups is 2. The summed E-state index contributed by atoms with van der Waals surface area (Å²) >= 11 is 0. The lowest BCUT2D eigenvalue weighted by atomic mass is 9.49. The van der Waals surface area contributed by atoms with Crippen molar-refractivity contribution in [2.75, 3.05) is 29.3 Å². The second-order valence-corrected chi connectivity index (χ2v) is 16.2. The molecule has 1 saturated carbocycles. The fourth-order valence-corrected chi connectivity index (χ4v) is 9.86. The van der Waals surface area contributed by atoms with Gasteiger partial charge in [-0.25, -0.2) is 0 Å². The number of carbonyl (C=O) groups is 4. The van der Waals surface area contributed by atoms with Crippen LogP contribution in [0.1, 0.15) is 41.0 Å². The number of aryl methyl sites for hydroxylation is 2. The van der Waals surface area contributed by atoms with Gasteiger partial charge >= 0.3 is 0 Å². The summed E-state index contributed by atoms with van der Waals surface area (Å²) < 4.78 is 0. The summed E-state index contributed by atoms with van der Waals surface area (Å²) in [5, 5.41) is 21.7. The highest BCUT2D eigenvalue weighted by atomic mass is 16.3. The SMILES string of the molecule is Cc1ccc(NN2C(=O)C3CC4C(=CCC5C(=O)N(c6ccc(N=Nc7ccc(N(C)C)cc7)cc6)C(=O)C54)C(c4cccc(C)c4O)C3(c3ccccc3)C2=O)cc1. The molecule has 2 N–H and O–H groups in total. The fraction of sp³-hybridized carbons (Fsp3) is 0.250. The minimum absolute atomic E-state index is 0.0266. The fourth-order valence-electron chi connectivity index (χ4n) is 9.86. The van der Waals surface area contributed by atoms with E-state index >= 15 is 4.79 Å². The largest absolute Gasteiger partial charge is 0.507 e. The van der Waals surface area contributed by atoms with Crippen molar-refractivity contribution >= 4 is 52.1 Å². The monoisotopic (exact) mass is 784 g/mol. The predicted molar refractivity (Wildman–Crippen MR) is 226 cm³/mol. The van der Waals surface area contributed by atoms with Crippen LogP contribution in [0.3, 0.4) is 0 Å². The third-order valence-corrected chi connectivity index (χ3v) is 12.7. The molecule has 4 amide bonds. The van der Waals surface area contributed by atoms with Crippen molar-refractivity contribution in [3.63, 3.8) is 0 Å². The minimum atomic E-state index is -1.47. The van der Waals surface area contributed by atoms with Gasteiger partial charge in [-0.1, -0.05) is 77.9 Å². The Morgan fingerprint density at radius 1 is 0.729 bits per heavy atom. The average Bonchev–Trinajstić information content (AvgIpc) is 3.63. The summed E-state index contributed by atoms with van der Waals surface area (Å²) in [7, 11) is 3.93. The van der Waals surface area contributed by atoms with Crippen LogP contribution in [0.5, 0.6) is 5.75 Å². The Kier molecular flexibility index (Phi) is 9.26. The van der Waals surface area contributed by atoms with E-state index in [4.69, 9.17) is 0 Å². The second kappa shape index (κ2) is 14.5. The van der Waals surface area contributed by atoms with E-state index in [1.54, 1.807) is 37.3 Å². The normalized spacial score (nSPS) is 24.9. The van der Waals surface area contributed by atoms with Crippen molar-refractivity contribution in [1.29, 1.82) is 0 Å². The molecule has 3 fully saturated rings. The van der Waals surface area contributed by atoms with E-state index in [-0.39, 0.29) is 30.4 Å². The molecular weight excluding hydrogens is 741 g/mol. The molecule has 59 heavy (non-hydrogen) atoms. The van der Waals surface area contributed by atoms with Gasteiger partial charge in [0.25, 0.3) is 11.8 Å². The molecule has 0 spiro atoms. The minimum Gasteiger partial charge on any atom is -0.507 e. The number of amides is 4. The lowest BCUT2D eigenvalue weighted by Gasteiger charge is -2.50. The zero-order valence-electron chi connectivity index (χ0n) is 33.2. The number of anilines is 3. The number of hydrazine groups is 1. The molecule has 2 heterocycles. The Hall–Kier alpha value is -6.88. The Labute approximate surface area is 342 Å². The lowest BCUT2D eigenvalue weighted by molar-refractivity contribution is -0.138. The smallest absolute Gasteiger partial charge is 0.260 e. The Morgan fingerprint density at radius 3 is 2.05 bits per heavy atom. The van der Waals surface area contributed by atoms with Crippen LogP contribution in [0.4, 0.5) is 28.4 Å². The zero-order valence-corrected chi connectivity index (χ0v) is 33.2. The molecule has 0 radical (unpaired) electrons. The average molecular weight is 785 g/mol. The van der Waals surface area contributed by atoms with Gasteiger partial charge in [0.15, 0.2) is 0 Å². The van der Waals surface area contributed by atoms with Crippen molar-refractivity contribution in [1.82, 2.24) is 5.01 Å². The quantitative estimate of drug-likeness (QED) is 0.0914. The number of hydrogen-bond acceptors (Lipinski definition) is 9. The van der Waals surface area contributed by atoms with Crippen molar-refractivity contribution in [2.24, 2.45) is 33.9 Å². The molecule has 5 aromatic rings. The first-order chi connectivity index (χ1) is 28.5. The summed E-state index contributed by atoms with van der Waals surface area (Å²) in [5.74, 6) is -5.26. The molecule has 0 aromatic heterocycles. The number of rotatable bonds is 8. The Morgan fingerprint density at radius 2 is 1.39 bits per heavy atom. The van der Waals surface area contributed by atoms with Crippen molar-refractivity contribution in [2.45, 2.75) is 38.0 Å². The zero-order chi connectivity index (χ0) is 41.2. The number of phenols is 1. The van der Waals surface area contributed by atoms with Crippen LogP contribution in [0.25, 0.3) is 0 Å². The molecule has 9 rings (SSSR count). The van der Waals surface area contributed by atoms with Crippen LogP contribution in [-0.2, 0) is 24.6 Å². The van der Waals surface area contributed by atoms with Crippen molar-refractivity contribution < 1.29 is 24.3 Å². The van der Waals surface area contributed by atoms with E-state index in [1.165, 1.54) is 4.90 Å². The number of nitrogens with zero attached hydrogens (tertiary/aromatic N) is 5. The summed E-state index contributed by atoms with van der Waals surface area (Å²) in [6.45, 7) is 3.76. The molecule has 11 nitrogen and oxygen atoms in total. The molecular formula is C48H44N6O5. The maximum atomic E-state index is 15.4. The van der Waals surface area contributed by atoms with Crippen LogP contribution in [-0.4, -0.2) is 47.8 Å². The summed E-state index contributed by atoms with van der Waals surface area (Å²) in [4.78, 5) is 62.6. The first kappa shape index (κ1) is 37.7. The number of benzene rings is 5. The maximum absolute atomic E-state index is 15.4. The number of para-hydroxylation sites is 1. The summed E-state index contributed by atoms with van der Waals surface area (Å²) in [6.07, 6.45) is 2.42.